The van der Waals surface area contributed by atoms with Crippen LogP contribution in [0.3, 0.4) is 0 Å². The predicted molar refractivity (Wildman–Crippen MR) is 192 cm³/mol. The Morgan fingerprint density at radius 3 is 2.56 bits per heavy atom. The number of pyridine rings is 2. The van der Waals surface area contributed by atoms with Crippen molar-refractivity contribution in [2.24, 2.45) is 7.05 Å². The molecule has 4 heterocycles. The van der Waals surface area contributed by atoms with Gasteiger partial charge in [0.1, 0.15) is 0 Å². The number of hydrogen-bond donors (Lipinski definition) is 3. The Kier molecular flexibility index (Phi) is 10.6. The van der Waals surface area contributed by atoms with Gasteiger partial charge >= 0.3 is 0 Å². The van der Waals surface area contributed by atoms with Crippen molar-refractivity contribution in [3.63, 3.8) is 0 Å². The van der Waals surface area contributed by atoms with Gasteiger partial charge in [-0.25, -0.2) is 4.98 Å². The third kappa shape index (κ3) is 7.21. The summed E-state index contributed by atoms with van der Waals surface area (Å²) in [7, 11) is 5.38. The molecule has 1 aliphatic heterocycles. The monoisotopic (exact) mass is 686 g/mol. The second kappa shape index (κ2) is 15.1. The van der Waals surface area contributed by atoms with Gasteiger partial charge in [0.2, 0.25) is 11.8 Å². The van der Waals surface area contributed by atoms with E-state index >= 15 is 0 Å². The second-order valence-electron chi connectivity index (χ2n) is 12.2. The Bertz CT molecular complexity index is 1940. The number of nitrogens with one attached hydrogen (secondary N) is 3. The van der Waals surface area contributed by atoms with Gasteiger partial charge in [0.05, 0.1) is 34.6 Å². The number of benzene rings is 2. The minimum absolute atomic E-state index is 0.105. The summed E-state index contributed by atoms with van der Waals surface area (Å²) in [5.41, 5.74) is 7.84. The van der Waals surface area contributed by atoms with Gasteiger partial charge in [0.25, 0.3) is 0 Å². The summed E-state index contributed by atoms with van der Waals surface area (Å²) in [6.07, 6.45) is 5.48. The molecule has 1 saturated heterocycles. The largest absolute Gasteiger partial charge is 0.481 e. The number of carbonyl (C=O) groups excluding carboxylic acids is 1. The lowest BCUT2D eigenvalue weighted by molar-refractivity contribution is -0.119. The van der Waals surface area contributed by atoms with E-state index in [9.17, 15) is 4.79 Å². The summed E-state index contributed by atoms with van der Waals surface area (Å²) in [6, 6.07) is 18.1. The number of methoxy groups -OCH3 is 2. The molecule has 0 radical (unpaired) electrons. The Morgan fingerprint density at radius 1 is 1.00 bits per heavy atom. The molecule has 0 spiro atoms. The van der Waals surface area contributed by atoms with Crippen LogP contribution in [0.1, 0.15) is 30.9 Å². The van der Waals surface area contributed by atoms with Crippen molar-refractivity contribution >= 4 is 40.0 Å². The normalized spacial score (nSPS) is 15.2. The highest BCUT2D eigenvalue weighted by Crippen LogP contribution is 2.42. The van der Waals surface area contributed by atoms with Crippen LogP contribution in [-0.4, -0.2) is 59.9 Å². The molecule has 6 rings (SSSR count). The summed E-state index contributed by atoms with van der Waals surface area (Å²) < 4.78 is 13.1. The number of halogens is 2. The van der Waals surface area contributed by atoms with Gasteiger partial charge in [-0.05, 0) is 37.1 Å². The lowest BCUT2D eigenvalue weighted by Crippen LogP contribution is -2.35. The lowest BCUT2D eigenvalue weighted by atomic mass is 9.99. The third-order valence-corrected chi connectivity index (χ3v) is 9.66. The number of nitrogens with zero attached hydrogens (tertiary/aromatic N) is 3. The number of ether oxygens (including phenoxy) is 2. The molecule has 5 aromatic rings. The van der Waals surface area contributed by atoms with E-state index < -0.39 is 0 Å². The average Bonchev–Trinajstić information content (AvgIpc) is 3.66. The van der Waals surface area contributed by atoms with E-state index in [0.717, 1.165) is 52.8 Å². The van der Waals surface area contributed by atoms with Gasteiger partial charge < -0.3 is 30.0 Å². The Labute approximate surface area is 291 Å². The molecule has 3 N–H and O–H groups in total. The van der Waals surface area contributed by atoms with Gasteiger partial charge in [-0.1, -0.05) is 59.6 Å². The quantitative estimate of drug-likeness (QED) is 0.126. The Balaban J connectivity index is 1.25. The second-order valence-corrected chi connectivity index (χ2v) is 12.9. The summed E-state index contributed by atoms with van der Waals surface area (Å²) in [5.74, 6) is 0.620. The number of carbonyl (C=O) groups is 1. The number of hydrogen-bond acceptors (Lipinski definition) is 7. The fourth-order valence-electron chi connectivity index (χ4n) is 6.18. The number of amides is 1. The molecule has 0 saturated carbocycles. The first kappa shape index (κ1) is 33.9. The summed E-state index contributed by atoms with van der Waals surface area (Å²) >= 11 is 14.2. The van der Waals surface area contributed by atoms with Crippen LogP contribution in [0.4, 0.5) is 0 Å². The molecular formula is C37H40Cl2N6O3. The highest BCUT2D eigenvalue weighted by atomic mass is 35.5. The number of fused-ring (bicyclic) bond motifs is 1. The van der Waals surface area contributed by atoms with E-state index in [2.05, 4.69) is 49.9 Å². The zero-order valence-corrected chi connectivity index (χ0v) is 29.1. The molecule has 11 heteroatoms. The van der Waals surface area contributed by atoms with Crippen LogP contribution >= 0.6 is 23.2 Å². The fraction of sp³-hybridized carbons (Fsp3) is 0.324. The van der Waals surface area contributed by atoms with Crippen molar-refractivity contribution < 1.29 is 14.3 Å². The van der Waals surface area contributed by atoms with Crippen molar-refractivity contribution in [1.29, 1.82) is 0 Å². The van der Waals surface area contributed by atoms with Crippen LogP contribution < -0.4 is 20.7 Å². The summed E-state index contributed by atoms with van der Waals surface area (Å²) in [5, 5.41) is 12.1. The number of rotatable bonds is 13. The van der Waals surface area contributed by atoms with Crippen molar-refractivity contribution in [3.05, 3.63) is 88.2 Å². The van der Waals surface area contributed by atoms with Crippen LogP contribution in [0, 0.1) is 0 Å². The van der Waals surface area contributed by atoms with Gasteiger partial charge in [0, 0.05) is 104 Å². The maximum absolute atomic E-state index is 11.5. The van der Waals surface area contributed by atoms with Gasteiger partial charge in [0.15, 0.2) is 0 Å². The zero-order chi connectivity index (χ0) is 33.8. The summed E-state index contributed by atoms with van der Waals surface area (Å²) in [6.45, 7) is 4.81. The van der Waals surface area contributed by atoms with E-state index in [-0.39, 0.29) is 18.1 Å². The Hall–Kier alpha value is -3.99. The molecule has 2 atom stereocenters. The maximum Gasteiger partial charge on any atom is 0.220 e. The molecule has 3 aromatic heterocycles. The average molecular weight is 688 g/mol. The van der Waals surface area contributed by atoms with Crippen LogP contribution in [0.25, 0.3) is 44.5 Å². The first-order chi connectivity index (χ1) is 23.3. The van der Waals surface area contributed by atoms with Crippen LogP contribution in [0.5, 0.6) is 5.88 Å². The number of aryl methyl sites for hydroxylation is 1. The first-order valence-corrected chi connectivity index (χ1v) is 16.8. The van der Waals surface area contributed by atoms with Gasteiger partial charge in [-0.15, -0.1) is 0 Å². The topological polar surface area (TPSA) is 102 Å². The molecule has 0 unspecified atom stereocenters. The van der Waals surface area contributed by atoms with Crippen molar-refractivity contribution in [2.45, 2.75) is 45.0 Å². The molecular weight excluding hydrogens is 647 g/mol. The molecule has 9 nitrogen and oxygen atoms in total. The van der Waals surface area contributed by atoms with E-state index in [4.69, 9.17) is 37.7 Å². The number of aromatic nitrogens is 3. The zero-order valence-electron chi connectivity index (χ0n) is 27.6. The van der Waals surface area contributed by atoms with Gasteiger partial charge in [-0.3, -0.25) is 9.78 Å². The van der Waals surface area contributed by atoms with E-state index in [1.54, 1.807) is 20.4 Å². The van der Waals surface area contributed by atoms with Crippen molar-refractivity contribution in [1.82, 2.24) is 30.5 Å². The SMILES string of the molecule is COc1nc(-c2cccc(-c3ccnc(-c4ccc5c(CNC[C@H](C)OC)cn(C)c5c4)c3Cl)c2Cl)ccc1CNC[C@H]1CCC(=O)N1. The lowest BCUT2D eigenvalue weighted by Gasteiger charge is -2.15. The molecule has 0 bridgehead atoms. The highest BCUT2D eigenvalue weighted by Gasteiger charge is 2.21. The third-order valence-electron chi connectivity index (χ3n) is 8.87. The van der Waals surface area contributed by atoms with Crippen molar-refractivity contribution in [2.75, 3.05) is 27.3 Å². The molecule has 1 amide bonds. The molecule has 1 fully saturated rings. The molecule has 0 aliphatic carbocycles. The minimum Gasteiger partial charge on any atom is -0.481 e. The standard InChI is InChI=1S/C37H40Cl2N6O3/c1-22(47-3)17-40-19-25-21-45(2)32-16-23(8-11-27(25)32)36-35(39)29(14-15-42-36)28-6-5-7-30(34(28)38)31-12-9-24(37(44-31)48-4)18-41-20-26-10-13-33(46)43-26/h5-9,11-12,14-16,21-22,26,40-41H,10,13,17-20H2,1-4H3,(H,43,46)/t22-,26+/m0/s1. The van der Waals surface area contributed by atoms with E-state index in [1.807, 2.05) is 50.4 Å². The van der Waals surface area contributed by atoms with E-state index in [1.165, 1.54) is 10.9 Å². The van der Waals surface area contributed by atoms with Crippen LogP contribution in [0.15, 0.2) is 67.0 Å². The van der Waals surface area contributed by atoms with Crippen molar-refractivity contribution in [3.8, 4) is 39.5 Å². The van der Waals surface area contributed by atoms with Gasteiger partial charge in [-0.2, -0.15) is 0 Å². The molecule has 48 heavy (non-hydrogen) atoms. The molecule has 250 valence electrons. The van der Waals surface area contributed by atoms with E-state index in [0.29, 0.717) is 46.8 Å². The molecule has 1 aliphatic rings. The smallest absolute Gasteiger partial charge is 0.220 e. The Morgan fingerprint density at radius 2 is 1.79 bits per heavy atom. The molecule has 2 aromatic carbocycles. The minimum atomic E-state index is 0.105. The highest BCUT2D eigenvalue weighted by molar-refractivity contribution is 6.39. The summed E-state index contributed by atoms with van der Waals surface area (Å²) in [4.78, 5) is 21.0. The maximum atomic E-state index is 11.5. The van der Waals surface area contributed by atoms with Crippen LogP contribution in [0.2, 0.25) is 10.0 Å². The van der Waals surface area contributed by atoms with Crippen LogP contribution in [-0.2, 0) is 29.7 Å². The fourth-order valence-corrected chi connectivity index (χ4v) is 6.83. The first-order valence-electron chi connectivity index (χ1n) is 16.1. The predicted octanol–water partition coefficient (Wildman–Crippen LogP) is 6.78.